The Bertz CT molecular complexity index is 624. The second-order valence-corrected chi connectivity index (χ2v) is 6.48. The Hall–Kier alpha value is -1.66. The van der Waals surface area contributed by atoms with Crippen molar-refractivity contribution >= 4 is 28.9 Å². The second-order valence-electron chi connectivity index (χ2n) is 5.03. The fourth-order valence-corrected chi connectivity index (χ4v) is 2.79. The van der Waals surface area contributed by atoms with Gasteiger partial charge in [-0.2, -0.15) is 0 Å². The quantitative estimate of drug-likeness (QED) is 0.457. The van der Waals surface area contributed by atoms with Crippen molar-refractivity contribution in [3.8, 4) is 0 Å². The lowest BCUT2D eigenvalue weighted by molar-refractivity contribution is 0.793. The van der Waals surface area contributed by atoms with Crippen molar-refractivity contribution in [1.82, 2.24) is 20.6 Å². The van der Waals surface area contributed by atoms with Crippen molar-refractivity contribution in [3.63, 3.8) is 0 Å². The number of aryl methyl sites for hydroxylation is 1. The normalized spacial score (nSPS) is 11.5. The van der Waals surface area contributed by atoms with Gasteiger partial charge in [0.1, 0.15) is 5.15 Å². The molecule has 7 heteroatoms. The van der Waals surface area contributed by atoms with E-state index in [1.165, 1.54) is 0 Å². The van der Waals surface area contributed by atoms with Crippen molar-refractivity contribution in [2.75, 3.05) is 19.6 Å². The molecule has 2 N–H and O–H groups in total. The van der Waals surface area contributed by atoms with Gasteiger partial charge in [0, 0.05) is 37.6 Å². The Morgan fingerprint density at radius 2 is 2.17 bits per heavy atom. The zero-order valence-corrected chi connectivity index (χ0v) is 15.0. The van der Waals surface area contributed by atoms with Crippen LogP contribution < -0.4 is 10.6 Å². The summed E-state index contributed by atoms with van der Waals surface area (Å²) < 4.78 is 0. The summed E-state index contributed by atoms with van der Waals surface area (Å²) in [6.45, 7) is 6.44. The van der Waals surface area contributed by atoms with Crippen LogP contribution >= 0.6 is 22.9 Å². The highest BCUT2D eigenvalue weighted by molar-refractivity contribution is 7.09. The Labute approximate surface area is 146 Å². The van der Waals surface area contributed by atoms with Crippen LogP contribution in [-0.4, -0.2) is 35.6 Å². The van der Waals surface area contributed by atoms with Crippen molar-refractivity contribution in [3.05, 3.63) is 45.1 Å². The molecule has 2 aromatic rings. The van der Waals surface area contributed by atoms with E-state index in [1.54, 1.807) is 17.5 Å². The molecule has 0 radical (unpaired) electrons. The lowest BCUT2D eigenvalue weighted by Crippen LogP contribution is -2.38. The Kier molecular flexibility index (Phi) is 7.29. The third-order valence-electron chi connectivity index (χ3n) is 3.14. The van der Waals surface area contributed by atoms with Gasteiger partial charge in [-0.05, 0) is 31.9 Å². The number of aliphatic imine (C=N–C) groups is 1. The van der Waals surface area contributed by atoms with Gasteiger partial charge in [0.2, 0.25) is 0 Å². The van der Waals surface area contributed by atoms with E-state index in [9.17, 15) is 0 Å². The van der Waals surface area contributed by atoms with Crippen molar-refractivity contribution in [2.45, 2.75) is 26.7 Å². The fraction of sp³-hybridized carbons (Fsp3) is 0.438. The van der Waals surface area contributed by atoms with Gasteiger partial charge in [-0.25, -0.2) is 9.97 Å². The topological polar surface area (TPSA) is 62.2 Å². The molecule has 0 aliphatic heterocycles. The summed E-state index contributed by atoms with van der Waals surface area (Å²) in [4.78, 5) is 13.1. The van der Waals surface area contributed by atoms with Crippen LogP contribution in [0.3, 0.4) is 0 Å². The summed E-state index contributed by atoms with van der Waals surface area (Å²) >= 11 is 7.47. The van der Waals surface area contributed by atoms with Crippen LogP contribution in [0.5, 0.6) is 0 Å². The molecule has 0 saturated heterocycles. The number of hydrogen-bond donors (Lipinski definition) is 2. The highest BCUT2D eigenvalue weighted by Gasteiger charge is 2.00. The summed E-state index contributed by atoms with van der Waals surface area (Å²) in [5.74, 6) is 0.835. The average Bonchev–Trinajstić information content (AvgIpc) is 2.95. The second kappa shape index (κ2) is 9.47. The van der Waals surface area contributed by atoms with Crippen LogP contribution in [0.25, 0.3) is 0 Å². The smallest absolute Gasteiger partial charge is 0.191 e. The van der Waals surface area contributed by atoms with E-state index in [-0.39, 0.29) is 0 Å². The van der Waals surface area contributed by atoms with E-state index in [4.69, 9.17) is 11.6 Å². The molecular weight excluding hydrogens is 330 g/mol. The van der Waals surface area contributed by atoms with E-state index in [2.05, 4.69) is 37.9 Å². The van der Waals surface area contributed by atoms with Crippen LogP contribution in [0.15, 0.2) is 28.7 Å². The number of thiazole rings is 1. The predicted octanol–water partition coefficient (Wildman–Crippen LogP) is 2.84. The van der Waals surface area contributed by atoms with Crippen LogP contribution in [0, 0.1) is 6.92 Å². The largest absolute Gasteiger partial charge is 0.357 e. The monoisotopic (exact) mass is 351 g/mol. The molecule has 0 aliphatic carbocycles. The van der Waals surface area contributed by atoms with Crippen LogP contribution in [0.1, 0.15) is 23.2 Å². The van der Waals surface area contributed by atoms with E-state index in [1.807, 2.05) is 19.1 Å². The molecule has 5 nitrogen and oxygen atoms in total. The molecule has 2 rings (SSSR count). The van der Waals surface area contributed by atoms with Gasteiger partial charge in [0.25, 0.3) is 0 Å². The molecule has 0 aromatic carbocycles. The molecule has 0 bridgehead atoms. The molecule has 0 fully saturated rings. The first-order chi connectivity index (χ1) is 11.2. The molecule has 2 aromatic heterocycles. The molecule has 2 heterocycles. The van der Waals surface area contributed by atoms with Gasteiger partial charge in [-0.1, -0.05) is 17.7 Å². The first kappa shape index (κ1) is 17.7. The maximum Gasteiger partial charge on any atom is 0.191 e. The minimum atomic E-state index is 0.522. The molecule has 0 atom stereocenters. The maximum absolute atomic E-state index is 5.79. The Morgan fingerprint density at radius 1 is 1.30 bits per heavy atom. The summed E-state index contributed by atoms with van der Waals surface area (Å²) in [6.07, 6.45) is 3.54. The summed E-state index contributed by atoms with van der Waals surface area (Å²) in [7, 11) is 0. The first-order valence-corrected chi connectivity index (χ1v) is 8.96. The first-order valence-electron chi connectivity index (χ1n) is 7.71. The minimum absolute atomic E-state index is 0.522. The maximum atomic E-state index is 5.79. The van der Waals surface area contributed by atoms with Crippen LogP contribution in [0.4, 0.5) is 0 Å². The number of rotatable bonds is 7. The molecule has 23 heavy (non-hydrogen) atoms. The van der Waals surface area contributed by atoms with Crippen LogP contribution in [0.2, 0.25) is 5.15 Å². The summed E-state index contributed by atoms with van der Waals surface area (Å²) in [5, 5.41) is 10.3. The summed E-state index contributed by atoms with van der Waals surface area (Å²) in [6, 6.07) is 3.80. The Morgan fingerprint density at radius 3 is 2.83 bits per heavy atom. The minimum Gasteiger partial charge on any atom is -0.357 e. The third kappa shape index (κ3) is 6.54. The molecule has 0 aliphatic rings. The SMILES string of the molecule is CCNC(=NCCc1csc(C)n1)NCCc1ccc(Cl)nc1. The number of nitrogens with zero attached hydrogens (tertiary/aromatic N) is 3. The zero-order chi connectivity index (χ0) is 16.5. The van der Waals surface area contributed by atoms with Crippen molar-refractivity contribution in [1.29, 1.82) is 0 Å². The number of guanidine groups is 1. The standard InChI is InChI=1S/C16H22ClN5S/c1-3-18-16(20-9-7-14-11-23-12(2)22-14)19-8-6-13-4-5-15(17)21-10-13/h4-5,10-11H,3,6-9H2,1-2H3,(H2,18,19,20). The molecule has 0 amide bonds. The van der Waals surface area contributed by atoms with Gasteiger partial charge >= 0.3 is 0 Å². The average molecular weight is 352 g/mol. The number of halogens is 1. The third-order valence-corrected chi connectivity index (χ3v) is 4.19. The van der Waals surface area contributed by atoms with E-state index in [0.29, 0.717) is 5.15 Å². The van der Waals surface area contributed by atoms with Crippen LogP contribution in [-0.2, 0) is 12.8 Å². The highest BCUT2D eigenvalue weighted by Crippen LogP contribution is 2.08. The Balaban J connectivity index is 1.77. The number of nitrogens with one attached hydrogen (secondary N) is 2. The van der Waals surface area contributed by atoms with Crippen molar-refractivity contribution < 1.29 is 0 Å². The molecule has 0 unspecified atom stereocenters. The molecular formula is C16H22ClN5S. The lowest BCUT2D eigenvalue weighted by atomic mass is 10.2. The number of aromatic nitrogens is 2. The number of pyridine rings is 1. The predicted molar refractivity (Wildman–Crippen MR) is 97.5 cm³/mol. The number of hydrogen-bond acceptors (Lipinski definition) is 4. The highest BCUT2D eigenvalue weighted by atomic mass is 35.5. The molecule has 0 spiro atoms. The van der Waals surface area contributed by atoms with E-state index >= 15 is 0 Å². The summed E-state index contributed by atoms with van der Waals surface area (Å²) in [5.41, 5.74) is 2.26. The van der Waals surface area contributed by atoms with Gasteiger partial charge in [0.15, 0.2) is 5.96 Å². The molecule has 0 saturated carbocycles. The van der Waals surface area contributed by atoms with Gasteiger partial charge in [-0.15, -0.1) is 11.3 Å². The lowest BCUT2D eigenvalue weighted by Gasteiger charge is -2.11. The molecule has 124 valence electrons. The van der Waals surface area contributed by atoms with E-state index in [0.717, 1.165) is 54.7 Å². The zero-order valence-electron chi connectivity index (χ0n) is 13.5. The van der Waals surface area contributed by atoms with Crippen molar-refractivity contribution in [2.24, 2.45) is 4.99 Å². The fourth-order valence-electron chi connectivity index (χ4n) is 2.03. The van der Waals surface area contributed by atoms with Gasteiger partial charge in [-0.3, -0.25) is 4.99 Å². The van der Waals surface area contributed by atoms with Gasteiger partial charge in [0.05, 0.1) is 10.7 Å². The van der Waals surface area contributed by atoms with E-state index < -0.39 is 0 Å². The van der Waals surface area contributed by atoms with Gasteiger partial charge < -0.3 is 10.6 Å².